The first-order chi connectivity index (χ1) is 18.5. The predicted octanol–water partition coefficient (Wildman–Crippen LogP) is 3.76. The predicted molar refractivity (Wildman–Crippen MR) is 148 cm³/mol. The van der Waals surface area contributed by atoms with Gasteiger partial charge in [0, 0.05) is 11.4 Å². The number of nitrogens with one attached hydrogen (secondary N) is 2. The van der Waals surface area contributed by atoms with Gasteiger partial charge >= 0.3 is 5.97 Å². The Morgan fingerprint density at radius 1 is 1.05 bits per heavy atom. The molecule has 9 nitrogen and oxygen atoms in total. The Labute approximate surface area is 232 Å². The fourth-order valence-corrected chi connectivity index (χ4v) is 6.63. The molecule has 0 aliphatic carbocycles. The second kappa shape index (κ2) is 11.5. The van der Waals surface area contributed by atoms with Crippen molar-refractivity contribution < 1.29 is 27.5 Å². The second-order valence-corrected chi connectivity index (χ2v) is 11.4. The van der Waals surface area contributed by atoms with Crippen LogP contribution in [0.15, 0.2) is 71.6 Å². The third kappa shape index (κ3) is 5.91. The second-order valence-electron chi connectivity index (χ2n) is 9.23. The number of ether oxygens (including phenoxy) is 1. The Morgan fingerprint density at radius 3 is 2.41 bits per heavy atom. The Kier molecular flexibility index (Phi) is 8.27. The van der Waals surface area contributed by atoms with E-state index in [9.17, 15) is 22.8 Å². The van der Waals surface area contributed by atoms with E-state index >= 15 is 0 Å². The molecule has 204 valence electrons. The first-order valence-corrected chi connectivity index (χ1v) is 14.0. The van der Waals surface area contributed by atoms with Crippen LogP contribution >= 0.6 is 11.6 Å². The molecule has 0 radical (unpaired) electrons. The molecule has 3 aromatic carbocycles. The van der Waals surface area contributed by atoms with Crippen molar-refractivity contribution in [2.45, 2.75) is 43.7 Å². The highest BCUT2D eigenvalue weighted by Crippen LogP contribution is 2.38. The van der Waals surface area contributed by atoms with Gasteiger partial charge in [-0.15, -0.1) is 0 Å². The van der Waals surface area contributed by atoms with Gasteiger partial charge in [-0.2, -0.15) is 0 Å². The van der Waals surface area contributed by atoms with Crippen LogP contribution < -0.4 is 14.9 Å². The molecule has 1 aliphatic heterocycles. The first-order valence-electron chi connectivity index (χ1n) is 12.1. The molecule has 4 rings (SSSR count). The highest BCUT2D eigenvalue weighted by Gasteiger charge is 2.43. The molecule has 2 amide bonds. The fourth-order valence-electron chi connectivity index (χ4n) is 4.49. The number of benzene rings is 3. The summed E-state index contributed by atoms with van der Waals surface area (Å²) in [4.78, 5) is 38.9. The Hall–Kier alpha value is -3.89. The first kappa shape index (κ1) is 28.1. The van der Waals surface area contributed by atoms with Crippen LogP contribution in [-0.2, 0) is 35.6 Å². The lowest BCUT2D eigenvalue weighted by Gasteiger charge is -2.37. The van der Waals surface area contributed by atoms with Crippen LogP contribution in [0.5, 0.6) is 0 Å². The van der Waals surface area contributed by atoms with E-state index < -0.39 is 46.3 Å². The fraction of sp³-hybridized carbons (Fsp3) is 0.250. The summed E-state index contributed by atoms with van der Waals surface area (Å²) in [7, 11) is -3.12. The summed E-state index contributed by atoms with van der Waals surface area (Å²) >= 11 is 6.20. The maximum absolute atomic E-state index is 14.1. The minimum Gasteiger partial charge on any atom is -0.467 e. The van der Waals surface area contributed by atoms with Crippen LogP contribution in [-0.4, -0.2) is 45.4 Å². The number of nitrogens with zero attached hydrogens (tertiary/aromatic N) is 1. The van der Waals surface area contributed by atoms with Crippen LogP contribution in [0.4, 0.5) is 11.4 Å². The number of esters is 1. The minimum absolute atomic E-state index is 0.0316. The molecule has 2 unspecified atom stereocenters. The van der Waals surface area contributed by atoms with E-state index in [2.05, 4.69) is 10.6 Å². The molecule has 0 aromatic heterocycles. The lowest BCUT2D eigenvalue weighted by atomic mass is 10.0. The van der Waals surface area contributed by atoms with Gasteiger partial charge in [-0.1, -0.05) is 54.1 Å². The van der Waals surface area contributed by atoms with E-state index in [1.165, 1.54) is 13.2 Å². The molecule has 1 aliphatic rings. The summed E-state index contributed by atoms with van der Waals surface area (Å²) in [5, 5.41) is 5.72. The van der Waals surface area contributed by atoms with E-state index in [0.717, 1.165) is 9.87 Å². The van der Waals surface area contributed by atoms with Crippen LogP contribution in [0.25, 0.3) is 0 Å². The van der Waals surface area contributed by atoms with Gasteiger partial charge in [0.15, 0.2) is 0 Å². The number of carbonyl (C=O) groups is 3. The van der Waals surface area contributed by atoms with Gasteiger partial charge in [-0.25, -0.2) is 13.2 Å². The van der Waals surface area contributed by atoms with Crippen molar-refractivity contribution in [2.75, 3.05) is 16.7 Å². The number of anilines is 2. The maximum Gasteiger partial charge on any atom is 0.328 e. The number of carbonyl (C=O) groups excluding carboxylic acids is 3. The maximum atomic E-state index is 14.1. The van der Waals surface area contributed by atoms with Crippen molar-refractivity contribution in [1.29, 1.82) is 0 Å². The molecule has 0 spiro atoms. The summed E-state index contributed by atoms with van der Waals surface area (Å²) in [5.74, 6) is -2.03. The average Bonchev–Trinajstić information content (AvgIpc) is 2.90. The van der Waals surface area contributed by atoms with Crippen molar-refractivity contribution in [1.82, 2.24) is 5.32 Å². The smallest absolute Gasteiger partial charge is 0.328 e. The number of halogens is 1. The number of methoxy groups -OCH3 is 1. The van der Waals surface area contributed by atoms with Crippen LogP contribution in [0.1, 0.15) is 23.1 Å². The monoisotopic (exact) mass is 569 g/mol. The number of aryl methyl sites for hydroxylation is 2. The van der Waals surface area contributed by atoms with E-state index in [1.807, 2.05) is 6.07 Å². The molecule has 2 N–H and O–H groups in total. The minimum atomic E-state index is -4.33. The van der Waals surface area contributed by atoms with Crippen molar-refractivity contribution in [3.8, 4) is 0 Å². The largest absolute Gasteiger partial charge is 0.467 e. The van der Waals surface area contributed by atoms with Crippen molar-refractivity contribution in [3.05, 3.63) is 88.4 Å². The van der Waals surface area contributed by atoms with Gasteiger partial charge in [-0.3, -0.25) is 13.9 Å². The van der Waals surface area contributed by atoms with E-state index in [1.54, 1.807) is 68.4 Å². The van der Waals surface area contributed by atoms with Crippen molar-refractivity contribution in [3.63, 3.8) is 0 Å². The molecular weight excluding hydrogens is 542 g/mol. The van der Waals surface area contributed by atoms with Crippen molar-refractivity contribution >= 4 is 50.8 Å². The van der Waals surface area contributed by atoms with Crippen molar-refractivity contribution in [2.24, 2.45) is 0 Å². The standard InChI is InChI=1S/C28H28ClN3O6S/c1-17-14-25(18(2)13-20(17)29)39(36,37)32-23-12-8-7-11-21(23)31-27(34)24(32)16-26(33)30-22(28(35)38-3)15-19-9-5-4-6-10-19/h4-14,22,24H,15-16H2,1-3H3,(H,30,33)(H,31,34). The van der Waals surface area contributed by atoms with Gasteiger partial charge < -0.3 is 15.4 Å². The van der Waals surface area contributed by atoms with Gasteiger partial charge in [0.05, 0.1) is 29.8 Å². The summed E-state index contributed by atoms with van der Waals surface area (Å²) < 4.78 is 34.0. The molecular formula is C28H28ClN3O6S. The van der Waals surface area contributed by atoms with Gasteiger partial charge in [-0.05, 0) is 54.8 Å². The average molecular weight is 570 g/mol. The Bertz CT molecular complexity index is 1530. The summed E-state index contributed by atoms with van der Waals surface area (Å²) in [6.07, 6.45) is -0.377. The number of para-hydroxylation sites is 2. The number of hydrogen-bond acceptors (Lipinski definition) is 6. The number of hydrogen-bond donors (Lipinski definition) is 2. The zero-order valence-corrected chi connectivity index (χ0v) is 23.2. The van der Waals surface area contributed by atoms with E-state index in [0.29, 0.717) is 21.8 Å². The highest BCUT2D eigenvalue weighted by atomic mass is 35.5. The molecule has 0 saturated carbocycles. The molecule has 39 heavy (non-hydrogen) atoms. The SMILES string of the molecule is COC(=O)C(Cc1ccccc1)NC(=O)CC1C(=O)Nc2ccccc2N1S(=O)(=O)c1cc(C)c(Cl)cc1C. The number of rotatable bonds is 8. The Morgan fingerprint density at radius 2 is 1.72 bits per heavy atom. The quantitative estimate of drug-likeness (QED) is 0.398. The third-order valence-corrected chi connectivity index (χ3v) is 8.83. The van der Waals surface area contributed by atoms with Crippen LogP contribution in [0, 0.1) is 13.8 Å². The molecule has 0 saturated heterocycles. The number of amides is 2. The van der Waals surface area contributed by atoms with Crippen LogP contribution in [0.3, 0.4) is 0 Å². The molecule has 0 fully saturated rings. The number of sulfonamides is 1. The molecule has 1 heterocycles. The van der Waals surface area contributed by atoms with Gasteiger partial charge in [0.1, 0.15) is 12.1 Å². The molecule has 11 heteroatoms. The molecule has 0 bridgehead atoms. The van der Waals surface area contributed by atoms with E-state index in [4.69, 9.17) is 16.3 Å². The normalized spacial score (nSPS) is 15.6. The van der Waals surface area contributed by atoms with Crippen LogP contribution in [0.2, 0.25) is 5.02 Å². The topological polar surface area (TPSA) is 122 Å². The Balaban J connectivity index is 1.69. The number of fused-ring (bicyclic) bond motifs is 1. The van der Waals surface area contributed by atoms with Gasteiger partial charge in [0.2, 0.25) is 11.8 Å². The third-order valence-electron chi connectivity index (χ3n) is 6.46. The summed E-state index contributed by atoms with van der Waals surface area (Å²) in [6, 6.07) is 16.0. The molecule has 2 atom stereocenters. The lowest BCUT2D eigenvalue weighted by Crippen LogP contribution is -2.54. The summed E-state index contributed by atoms with van der Waals surface area (Å²) in [6.45, 7) is 3.29. The van der Waals surface area contributed by atoms with E-state index in [-0.39, 0.29) is 17.0 Å². The highest BCUT2D eigenvalue weighted by molar-refractivity contribution is 7.93. The lowest BCUT2D eigenvalue weighted by molar-refractivity contribution is -0.145. The summed E-state index contributed by atoms with van der Waals surface area (Å²) in [5.41, 5.74) is 2.24. The van der Waals surface area contributed by atoms with Gasteiger partial charge in [0.25, 0.3) is 10.0 Å². The zero-order chi connectivity index (χ0) is 28.3. The zero-order valence-electron chi connectivity index (χ0n) is 21.6. The molecule has 3 aromatic rings.